The van der Waals surface area contributed by atoms with Crippen LogP contribution in [0.1, 0.15) is 119 Å². The Morgan fingerprint density at radius 2 is 1.64 bits per heavy atom. The number of nitrogens with zero attached hydrogens (tertiary/aromatic N) is 1. The lowest BCUT2D eigenvalue weighted by molar-refractivity contribution is 0.0538. The quantitative estimate of drug-likeness (QED) is 0.347. The highest BCUT2D eigenvalue weighted by molar-refractivity contribution is 6.77. The second kappa shape index (κ2) is 10.8. The fraction of sp³-hybridized carbons (Fsp3) is 0.645. The Balaban J connectivity index is 2.22. The summed E-state index contributed by atoms with van der Waals surface area (Å²) < 4.78 is 15.0. The van der Waals surface area contributed by atoms with Gasteiger partial charge in [0.1, 0.15) is 5.60 Å². The molecule has 36 heavy (non-hydrogen) atoms. The third-order valence-electron chi connectivity index (χ3n) is 7.87. The van der Waals surface area contributed by atoms with Crippen LogP contribution in [0.15, 0.2) is 36.1 Å². The number of rotatable bonds is 7. The molecule has 2 unspecified atom stereocenters. The molecule has 2 atom stereocenters. The van der Waals surface area contributed by atoms with Crippen LogP contribution in [0.2, 0.25) is 16.6 Å². The van der Waals surface area contributed by atoms with Crippen LogP contribution in [0.4, 0.5) is 4.79 Å². The molecule has 0 spiro atoms. The van der Waals surface area contributed by atoms with E-state index in [4.69, 9.17) is 9.16 Å². The maximum absolute atomic E-state index is 13.6. The molecule has 0 fully saturated rings. The van der Waals surface area contributed by atoms with Crippen LogP contribution in [0.25, 0.3) is 10.9 Å². The van der Waals surface area contributed by atoms with E-state index in [-0.39, 0.29) is 17.9 Å². The normalized spacial score (nSPS) is 19.0. The maximum atomic E-state index is 13.6. The van der Waals surface area contributed by atoms with Gasteiger partial charge in [0.2, 0.25) is 0 Å². The lowest BCUT2D eigenvalue weighted by atomic mass is 9.90. The molecule has 0 aliphatic heterocycles. The molecule has 4 nitrogen and oxygen atoms in total. The van der Waals surface area contributed by atoms with Gasteiger partial charge in [-0.05, 0) is 61.5 Å². The maximum Gasteiger partial charge on any atom is 0.419 e. The van der Waals surface area contributed by atoms with Gasteiger partial charge in [0, 0.05) is 29.3 Å². The van der Waals surface area contributed by atoms with Gasteiger partial charge in [-0.1, -0.05) is 80.0 Å². The number of hydrogen-bond donors (Lipinski definition) is 0. The Hall–Kier alpha value is -2.01. The highest BCUT2D eigenvalue weighted by Crippen LogP contribution is 2.48. The van der Waals surface area contributed by atoms with Crippen molar-refractivity contribution >= 4 is 25.3 Å². The van der Waals surface area contributed by atoms with Gasteiger partial charge in [0.15, 0.2) is 0 Å². The second-order valence-corrected chi connectivity index (χ2v) is 18.1. The number of fused-ring (bicyclic) bond motifs is 3. The molecule has 0 amide bonds. The fourth-order valence-corrected chi connectivity index (χ4v) is 11.9. The number of ether oxygens (including phenoxy) is 1. The van der Waals surface area contributed by atoms with E-state index in [0.717, 1.165) is 41.6 Å². The van der Waals surface area contributed by atoms with Crippen LogP contribution < -0.4 is 0 Å². The Kier molecular flexibility index (Phi) is 8.54. The molecule has 1 aliphatic rings. The van der Waals surface area contributed by atoms with Gasteiger partial charge in [-0.3, -0.25) is 0 Å². The molecule has 0 N–H and O–H groups in total. The van der Waals surface area contributed by atoms with E-state index in [2.05, 4.69) is 79.7 Å². The van der Waals surface area contributed by atoms with E-state index in [1.165, 1.54) is 5.56 Å². The third-order valence-corrected chi connectivity index (χ3v) is 13.9. The predicted molar refractivity (Wildman–Crippen MR) is 154 cm³/mol. The zero-order chi connectivity index (χ0) is 27.0. The van der Waals surface area contributed by atoms with Crippen molar-refractivity contribution in [2.24, 2.45) is 0 Å². The van der Waals surface area contributed by atoms with Gasteiger partial charge in [0.25, 0.3) is 8.32 Å². The summed E-state index contributed by atoms with van der Waals surface area (Å²) in [6.07, 6.45) is 5.01. The SMILES string of the molecule is CCCC1C=C(O[Si](C(C)C)(C(C)C)C(C)C)CC(C)c2c1c1ccccc1n2C(=O)OC(C)(C)C. The second-order valence-electron chi connectivity index (χ2n) is 12.7. The highest BCUT2D eigenvalue weighted by atomic mass is 28.4. The molecule has 200 valence electrons. The van der Waals surface area contributed by atoms with Gasteiger partial charge >= 0.3 is 6.09 Å². The van der Waals surface area contributed by atoms with E-state index in [0.29, 0.717) is 16.6 Å². The van der Waals surface area contributed by atoms with Crippen LogP contribution in [0, 0.1) is 0 Å². The van der Waals surface area contributed by atoms with Gasteiger partial charge in [0.05, 0.1) is 11.3 Å². The van der Waals surface area contributed by atoms with Crippen molar-refractivity contribution < 1.29 is 14.0 Å². The van der Waals surface area contributed by atoms with Gasteiger partial charge in [-0.2, -0.15) is 0 Å². The molecule has 1 aliphatic carbocycles. The Morgan fingerprint density at radius 3 is 2.17 bits per heavy atom. The third kappa shape index (κ3) is 5.32. The average Bonchev–Trinajstić information content (AvgIpc) is 3.04. The summed E-state index contributed by atoms with van der Waals surface area (Å²) in [5.74, 6) is 1.46. The number of benzene rings is 1. The van der Waals surface area contributed by atoms with Crippen molar-refractivity contribution in [2.45, 2.75) is 129 Å². The molecule has 1 heterocycles. The first-order chi connectivity index (χ1) is 16.7. The molecule has 3 rings (SSSR count). The lowest BCUT2D eigenvalue weighted by Gasteiger charge is -2.43. The predicted octanol–water partition coefficient (Wildman–Crippen LogP) is 9.89. The molecule has 0 bridgehead atoms. The van der Waals surface area contributed by atoms with Crippen molar-refractivity contribution in [2.75, 3.05) is 0 Å². The van der Waals surface area contributed by atoms with E-state index in [9.17, 15) is 4.79 Å². The monoisotopic (exact) mass is 511 g/mol. The van der Waals surface area contributed by atoms with E-state index < -0.39 is 13.9 Å². The average molecular weight is 512 g/mol. The van der Waals surface area contributed by atoms with E-state index in [1.54, 1.807) is 0 Å². The summed E-state index contributed by atoms with van der Waals surface area (Å²) in [4.78, 5) is 13.6. The van der Waals surface area contributed by atoms with E-state index >= 15 is 0 Å². The summed E-state index contributed by atoms with van der Waals surface area (Å²) in [7, 11) is -2.09. The number of para-hydroxylation sites is 1. The molecule has 0 saturated heterocycles. The van der Waals surface area contributed by atoms with E-state index in [1.807, 2.05) is 31.4 Å². The topological polar surface area (TPSA) is 40.5 Å². The largest absolute Gasteiger partial charge is 0.546 e. The van der Waals surface area contributed by atoms with Gasteiger partial charge < -0.3 is 9.16 Å². The minimum absolute atomic E-state index is 0.131. The number of carbonyl (C=O) groups is 1. The van der Waals surface area contributed by atoms with Gasteiger partial charge in [-0.25, -0.2) is 9.36 Å². The van der Waals surface area contributed by atoms with Crippen LogP contribution >= 0.6 is 0 Å². The highest BCUT2D eigenvalue weighted by Gasteiger charge is 2.48. The Labute approximate surface area is 220 Å². The first kappa shape index (κ1) is 28.6. The molecule has 0 saturated carbocycles. The minimum atomic E-state index is -2.09. The number of hydrogen-bond acceptors (Lipinski definition) is 3. The van der Waals surface area contributed by atoms with Crippen molar-refractivity contribution in [1.82, 2.24) is 4.57 Å². The summed E-state index contributed by atoms with van der Waals surface area (Å²) in [5.41, 5.74) is 4.29. The molecule has 0 radical (unpaired) electrons. The summed E-state index contributed by atoms with van der Waals surface area (Å²) in [6.45, 7) is 24.3. The summed E-state index contributed by atoms with van der Waals surface area (Å²) in [5, 5.41) is 1.15. The number of aromatic nitrogens is 1. The molecule has 1 aromatic heterocycles. The van der Waals surface area contributed by atoms with Crippen LogP contribution in [-0.2, 0) is 9.16 Å². The van der Waals surface area contributed by atoms with Crippen molar-refractivity contribution in [1.29, 1.82) is 0 Å². The standard InChI is InChI=1S/C31H49NO3Si/c1-12-15-24-19-25(35-36(20(2)3,21(4)5)22(6)7)18-23(8)29-28(24)26-16-13-14-17-27(26)32(29)30(33)34-31(9,10)11/h13-14,16-17,19-24H,12,15,18H2,1-11H3. The van der Waals surface area contributed by atoms with Gasteiger partial charge in [-0.15, -0.1) is 0 Å². The zero-order valence-corrected chi connectivity index (χ0v) is 25.6. The molecular formula is C31H49NO3Si. The summed E-state index contributed by atoms with van der Waals surface area (Å²) >= 11 is 0. The first-order valence-electron chi connectivity index (χ1n) is 14.0. The van der Waals surface area contributed by atoms with Crippen LogP contribution in [-0.4, -0.2) is 24.6 Å². The van der Waals surface area contributed by atoms with Crippen molar-refractivity contribution in [3.63, 3.8) is 0 Å². The molecule has 2 aromatic rings. The Bertz CT molecular complexity index is 1080. The fourth-order valence-electron chi connectivity index (χ4n) is 6.63. The number of carbonyl (C=O) groups excluding carboxylic acids is 1. The van der Waals surface area contributed by atoms with Crippen LogP contribution in [0.3, 0.4) is 0 Å². The molecular weight excluding hydrogens is 462 g/mol. The summed E-state index contributed by atoms with van der Waals surface area (Å²) in [6, 6.07) is 8.31. The molecule has 5 heteroatoms. The first-order valence-corrected chi connectivity index (χ1v) is 16.1. The van der Waals surface area contributed by atoms with Crippen LogP contribution in [0.5, 0.6) is 0 Å². The lowest BCUT2D eigenvalue weighted by Crippen LogP contribution is -2.47. The minimum Gasteiger partial charge on any atom is -0.546 e. The Morgan fingerprint density at radius 1 is 1.06 bits per heavy atom. The van der Waals surface area contributed by atoms with Crippen molar-refractivity contribution in [3.05, 3.63) is 47.4 Å². The molecule has 1 aromatic carbocycles. The number of allylic oxidation sites excluding steroid dienone is 2. The zero-order valence-electron chi connectivity index (χ0n) is 24.6. The smallest absolute Gasteiger partial charge is 0.419 e. The van der Waals surface area contributed by atoms with Crippen molar-refractivity contribution in [3.8, 4) is 0 Å².